The summed E-state index contributed by atoms with van der Waals surface area (Å²) in [6.45, 7) is 5.96. The zero-order chi connectivity index (χ0) is 14.2. The normalized spacial score (nSPS) is 13.6. The largest absolute Gasteiger partial charge is 0.337 e. The maximum atomic E-state index is 13.3. The Morgan fingerprint density at radius 2 is 2.05 bits per heavy atom. The van der Waals surface area contributed by atoms with E-state index in [1.807, 2.05) is 20.8 Å². The van der Waals surface area contributed by atoms with Gasteiger partial charge in [-0.1, -0.05) is 41.9 Å². The molecule has 6 heteroatoms. The van der Waals surface area contributed by atoms with Crippen LogP contribution in [0, 0.1) is 11.2 Å². The van der Waals surface area contributed by atoms with Crippen molar-refractivity contribution in [3.8, 4) is 11.4 Å². The number of benzene rings is 1. The Morgan fingerprint density at radius 3 is 2.68 bits per heavy atom. The summed E-state index contributed by atoms with van der Waals surface area (Å²) >= 11 is 3.33. The Balaban J connectivity index is 2.39. The van der Waals surface area contributed by atoms with Crippen molar-refractivity contribution in [3.63, 3.8) is 0 Å². The third kappa shape index (κ3) is 3.01. The summed E-state index contributed by atoms with van der Waals surface area (Å²) in [5.74, 6) is 0.310. The zero-order valence-corrected chi connectivity index (χ0v) is 12.5. The minimum Gasteiger partial charge on any atom is -0.337 e. The SMILES string of the molecule is CC(C)(C)C(N)c1nc(-c2cc(F)ccc2Br)no1. The van der Waals surface area contributed by atoms with Gasteiger partial charge >= 0.3 is 0 Å². The summed E-state index contributed by atoms with van der Waals surface area (Å²) in [6, 6.07) is 3.93. The van der Waals surface area contributed by atoms with Crippen LogP contribution in [0.2, 0.25) is 0 Å². The predicted octanol–water partition coefficient (Wildman–Crippen LogP) is 3.68. The number of halogens is 2. The molecule has 4 nitrogen and oxygen atoms in total. The quantitative estimate of drug-likeness (QED) is 0.913. The van der Waals surface area contributed by atoms with Gasteiger partial charge in [-0.25, -0.2) is 4.39 Å². The van der Waals surface area contributed by atoms with Gasteiger partial charge < -0.3 is 10.3 Å². The highest BCUT2D eigenvalue weighted by Crippen LogP contribution is 2.32. The zero-order valence-electron chi connectivity index (χ0n) is 10.9. The summed E-state index contributed by atoms with van der Waals surface area (Å²) in [5.41, 5.74) is 6.40. The average Bonchev–Trinajstić information content (AvgIpc) is 2.79. The van der Waals surface area contributed by atoms with Gasteiger partial charge in [0, 0.05) is 10.0 Å². The van der Waals surface area contributed by atoms with Gasteiger partial charge in [-0.3, -0.25) is 0 Å². The molecule has 0 radical (unpaired) electrons. The van der Waals surface area contributed by atoms with Crippen molar-refractivity contribution in [1.82, 2.24) is 10.1 Å². The molecule has 1 aromatic carbocycles. The molecule has 0 spiro atoms. The summed E-state index contributed by atoms with van der Waals surface area (Å²) in [4.78, 5) is 4.25. The standard InChI is InChI=1S/C13H15BrFN3O/c1-13(2,3)10(16)12-17-11(18-19-12)8-6-7(15)4-5-9(8)14/h4-6,10H,16H2,1-3H3. The van der Waals surface area contributed by atoms with Crippen molar-refractivity contribution < 1.29 is 8.91 Å². The molecule has 2 N–H and O–H groups in total. The van der Waals surface area contributed by atoms with E-state index in [0.717, 1.165) is 0 Å². The van der Waals surface area contributed by atoms with Crippen LogP contribution in [0.4, 0.5) is 4.39 Å². The number of hydrogen-bond acceptors (Lipinski definition) is 4. The molecule has 0 amide bonds. The second-order valence-corrected chi connectivity index (χ2v) is 6.28. The Hall–Kier alpha value is -1.27. The number of nitrogens with two attached hydrogens (primary N) is 1. The Labute approximate surface area is 119 Å². The fourth-order valence-corrected chi connectivity index (χ4v) is 1.93. The molecule has 1 unspecified atom stereocenters. The number of rotatable bonds is 2. The molecule has 19 heavy (non-hydrogen) atoms. The third-order valence-corrected chi connectivity index (χ3v) is 3.50. The Bertz CT molecular complexity index is 592. The van der Waals surface area contributed by atoms with Crippen LogP contribution in [-0.2, 0) is 0 Å². The lowest BCUT2D eigenvalue weighted by Gasteiger charge is -2.23. The molecule has 0 aliphatic rings. The molecule has 0 fully saturated rings. The maximum Gasteiger partial charge on any atom is 0.244 e. The molecule has 2 rings (SSSR count). The molecule has 0 aliphatic heterocycles. The summed E-state index contributed by atoms with van der Waals surface area (Å²) in [7, 11) is 0. The third-order valence-electron chi connectivity index (χ3n) is 2.81. The first-order valence-electron chi connectivity index (χ1n) is 5.83. The van der Waals surface area contributed by atoms with Crippen LogP contribution in [0.3, 0.4) is 0 Å². The van der Waals surface area contributed by atoms with Gasteiger partial charge in [0.15, 0.2) is 0 Å². The molecular formula is C13H15BrFN3O. The van der Waals surface area contributed by atoms with E-state index in [1.165, 1.54) is 12.1 Å². The van der Waals surface area contributed by atoms with Gasteiger partial charge in [-0.05, 0) is 23.6 Å². The second kappa shape index (κ2) is 5.02. The lowest BCUT2D eigenvalue weighted by molar-refractivity contribution is 0.253. The van der Waals surface area contributed by atoms with Crippen LogP contribution in [-0.4, -0.2) is 10.1 Å². The first-order chi connectivity index (χ1) is 8.79. The van der Waals surface area contributed by atoms with Gasteiger partial charge in [0.05, 0.1) is 6.04 Å². The smallest absolute Gasteiger partial charge is 0.244 e. The first kappa shape index (κ1) is 14.1. The summed E-state index contributed by atoms with van der Waals surface area (Å²) in [5, 5.41) is 3.86. The van der Waals surface area contributed by atoms with Crippen molar-refractivity contribution in [2.75, 3.05) is 0 Å². The first-order valence-corrected chi connectivity index (χ1v) is 6.63. The van der Waals surface area contributed by atoms with E-state index in [4.69, 9.17) is 10.3 Å². The lowest BCUT2D eigenvalue weighted by atomic mass is 9.87. The van der Waals surface area contributed by atoms with E-state index < -0.39 is 0 Å². The van der Waals surface area contributed by atoms with E-state index in [2.05, 4.69) is 26.1 Å². The van der Waals surface area contributed by atoms with Crippen molar-refractivity contribution in [2.45, 2.75) is 26.8 Å². The molecular weight excluding hydrogens is 313 g/mol. The van der Waals surface area contributed by atoms with E-state index in [0.29, 0.717) is 21.8 Å². The fourth-order valence-electron chi connectivity index (χ4n) is 1.51. The molecule has 1 aromatic heterocycles. The van der Waals surface area contributed by atoms with Crippen LogP contribution in [0.15, 0.2) is 27.2 Å². The second-order valence-electron chi connectivity index (χ2n) is 5.42. The highest BCUT2D eigenvalue weighted by atomic mass is 79.9. The molecule has 1 atom stereocenters. The minimum absolute atomic E-state index is 0.191. The molecule has 102 valence electrons. The molecule has 0 aliphatic carbocycles. The van der Waals surface area contributed by atoms with Crippen LogP contribution < -0.4 is 5.73 Å². The number of nitrogens with zero attached hydrogens (tertiary/aromatic N) is 2. The van der Waals surface area contributed by atoms with Gasteiger partial charge in [-0.15, -0.1) is 0 Å². The van der Waals surface area contributed by atoms with E-state index >= 15 is 0 Å². The monoisotopic (exact) mass is 327 g/mol. The van der Waals surface area contributed by atoms with Gasteiger partial charge in [0.1, 0.15) is 5.82 Å². The van der Waals surface area contributed by atoms with E-state index in [9.17, 15) is 4.39 Å². The van der Waals surface area contributed by atoms with Crippen molar-refractivity contribution in [1.29, 1.82) is 0 Å². The molecule has 1 heterocycles. The van der Waals surface area contributed by atoms with Gasteiger partial charge in [0.25, 0.3) is 0 Å². The lowest BCUT2D eigenvalue weighted by Crippen LogP contribution is -2.26. The van der Waals surface area contributed by atoms with E-state index in [-0.39, 0.29) is 17.3 Å². The maximum absolute atomic E-state index is 13.3. The van der Waals surface area contributed by atoms with Gasteiger partial charge in [0.2, 0.25) is 11.7 Å². The number of hydrogen-bond donors (Lipinski definition) is 1. The molecule has 2 aromatic rings. The highest BCUT2D eigenvalue weighted by molar-refractivity contribution is 9.10. The van der Waals surface area contributed by atoms with Crippen LogP contribution in [0.1, 0.15) is 32.7 Å². The predicted molar refractivity (Wildman–Crippen MR) is 73.8 cm³/mol. The topological polar surface area (TPSA) is 64.9 Å². The Morgan fingerprint density at radius 1 is 1.37 bits per heavy atom. The number of aromatic nitrogens is 2. The fraction of sp³-hybridized carbons (Fsp3) is 0.385. The van der Waals surface area contributed by atoms with Gasteiger partial charge in [-0.2, -0.15) is 4.98 Å². The summed E-state index contributed by atoms with van der Waals surface area (Å²) < 4.78 is 19.1. The average molecular weight is 328 g/mol. The van der Waals surface area contributed by atoms with Crippen LogP contribution in [0.5, 0.6) is 0 Å². The van der Waals surface area contributed by atoms with E-state index in [1.54, 1.807) is 6.07 Å². The van der Waals surface area contributed by atoms with Crippen LogP contribution in [0.25, 0.3) is 11.4 Å². The molecule has 0 bridgehead atoms. The summed E-state index contributed by atoms with van der Waals surface area (Å²) in [6.07, 6.45) is 0. The molecule has 0 saturated heterocycles. The molecule has 0 saturated carbocycles. The van der Waals surface area contributed by atoms with Crippen LogP contribution >= 0.6 is 15.9 Å². The Kier molecular flexibility index (Phi) is 3.73. The van der Waals surface area contributed by atoms with Crippen molar-refractivity contribution in [2.24, 2.45) is 11.1 Å². The highest BCUT2D eigenvalue weighted by Gasteiger charge is 2.28. The van der Waals surface area contributed by atoms with Crippen molar-refractivity contribution >= 4 is 15.9 Å². The minimum atomic E-state index is -0.374. The van der Waals surface area contributed by atoms with Crippen molar-refractivity contribution in [3.05, 3.63) is 34.4 Å².